The van der Waals surface area contributed by atoms with E-state index in [2.05, 4.69) is 5.32 Å². The number of methoxy groups -OCH3 is 1. The van der Waals surface area contributed by atoms with Gasteiger partial charge in [0.25, 0.3) is 11.8 Å². The molecule has 33 heavy (non-hydrogen) atoms. The second-order valence-corrected chi connectivity index (χ2v) is 7.35. The van der Waals surface area contributed by atoms with Gasteiger partial charge in [-0.15, -0.1) is 0 Å². The minimum absolute atomic E-state index is 0.0127. The van der Waals surface area contributed by atoms with Gasteiger partial charge in [-0.2, -0.15) is 5.26 Å². The number of benzene rings is 2. The standard InChI is InChI=1S/C25H27N3O5/c1-31-23-16-20(7-8-22(23)33-18-24(29)28-11-13-32-14-12-28)15-21(17-26)25(30)27-10-9-19-5-3-2-4-6-19/h2-8,15-16H,9-14,18H2,1H3,(H,27,30)/b21-15-. The van der Waals surface area contributed by atoms with Crippen molar-refractivity contribution >= 4 is 17.9 Å². The Balaban J connectivity index is 1.59. The zero-order valence-corrected chi connectivity index (χ0v) is 18.6. The van der Waals surface area contributed by atoms with E-state index in [1.165, 1.54) is 13.2 Å². The summed E-state index contributed by atoms with van der Waals surface area (Å²) in [6.45, 7) is 2.46. The molecule has 2 amide bonds. The Hall–Kier alpha value is -3.83. The van der Waals surface area contributed by atoms with Crippen molar-refractivity contribution < 1.29 is 23.8 Å². The Kier molecular flexibility index (Phi) is 8.86. The minimum atomic E-state index is -0.441. The first-order valence-corrected chi connectivity index (χ1v) is 10.7. The molecule has 1 aliphatic heterocycles. The summed E-state index contributed by atoms with van der Waals surface area (Å²) in [6.07, 6.45) is 2.16. The Bertz CT molecular complexity index is 1020. The van der Waals surface area contributed by atoms with Gasteiger partial charge in [-0.05, 0) is 35.8 Å². The topological polar surface area (TPSA) is 101 Å². The molecule has 0 aromatic heterocycles. The van der Waals surface area contributed by atoms with Crippen molar-refractivity contribution in [2.75, 3.05) is 46.6 Å². The molecule has 1 saturated heterocycles. The lowest BCUT2D eigenvalue weighted by Crippen LogP contribution is -2.43. The first kappa shape index (κ1) is 23.8. The van der Waals surface area contributed by atoms with Crippen molar-refractivity contribution in [1.29, 1.82) is 5.26 Å². The number of amides is 2. The number of morpholine rings is 1. The molecule has 8 heteroatoms. The third-order valence-corrected chi connectivity index (χ3v) is 5.12. The molecule has 1 aliphatic rings. The van der Waals surface area contributed by atoms with Crippen LogP contribution >= 0.6 is 0 Å². The van der Waals surface area contributed by atoms with Gasteiger partial charge in [-0.3, -0.25) is 9.59 Å². The van der Waals surface area contributed by atoms with Crippen molar-refractivity contribution in [1.82, 2.24) is 10.2 Å². The summed E-state index contributed by atoms with van der Waals surface area (Å²) >= 11 is 0. The van der Waals surface area contributed by atoms with Gasteiger partial charge in [0.05, 0.1) is 20.3 Å². The van der Waals surface area contributed by atoms with Crippen LogP contribution in [0.15, 0.2) is 54.1 Å². The Morgan fingerprint density at radius 1 is 1.15 bits per heavy atom. The van der Waals surface area contributed by atoms with Gasteiger partial charge in [0.1, 0.15) is 11.6 Å². The van der Waals surface area contributed by atoms with Crippen molar-refractivity contribution in [3.8, 4) is 17.6 Å². The first-order chi connectivity index (χ1) is 16.1. The molecule has 172 valence electrons. The molecule has 0 bridgehead atoms. The zero-order valence-electron chi connectivity index (χ0n) is 18.6. The van der Waals surface area contributed by atoms with E-state index in [1.54, 1.807) is 23.1 Å². The van der Waals surface area contributed by atoms with Crippen LogP contribution in [0.1, 0.15) is 11.1 Å². The second-order valence-electron chi connectivity index (χ2n) is 7.35. The molecule has 8 nitrogen and oxygen atoms in total. The van der Waals surface area contributed by atoms with Crippen molar-refractivity contribution in [2.45, 2.75) is 6.42 Å². The first-order valence-electron chi connectivity index (χ1n) is 10.7. The highest BCUT2D eigenvalue weighted by Gasteiger charge is 2.18. The number of nitrogens with one attached hydrogen (secondary N) is 1. The molecular weight excluding hydrogens is 422 g/mol. The van der Waals surface area contributed by atoms with Crippen molar-refractivity contribution in [3.05, 3.63) is 65.2 Å². The van der Waals surface area contributed by atoms with Gasteiger partial charge in [0.15, 0.2) is 18.1 Å². The Morgan fingerprint density at radius 3 is 2.61 bits per heavy atom. The highest BCUT2D eigenvalue weighted by molar-refractivity contribution is 6.01. The molecule has 3 rings (SSSR count). The lowest BCUT2D eigenvalue weighted by molar-refractivity contribution is -0.137. The predicted molar refractivity (Wildman–Crippen MR) is 123 cm³/mol. The number of rotatable bonds is 9. The van der Waals surface area contributed by atoms with Gasteiger partial charge in [0, 0.05) is 19.6 Å². The van der Waals surface area contributed by atoms with Gasteiger partial charge >= 0.3 is 0 Å². The van der Waals surface area contributed by atoms with E-state index in [0.717, 1.165) is 5.56 Å². The number of carbonyl (C=O) groups is 2. The van der Waals surface area contributed by atoms with Crippen LogP contribution in [0.4, 0.5) is 0 Å². The fourth-order valence-corrected chi connectivity index (χ4v) is 3.31. The second kappa shape index (κ2) is 12.3. The highest BCUT2D eigenvalue weighted by atomic mass is 16.5. The zero-order chi connectivity index (χ0) is 23.5. The Labute approximate surface area is 193 Å². The van der Waals surface area contributed by atoms with Crippen molar-refractivity contribution in [2.24, 2.45) is 0 Å². The predicted octanol–water partition coefficient (Wildman–Crippen LogP) is 2.20. The monoisotopic (exact) mass is 449 g/mol. The SMILES string of the molecule is COc1cc(/C=C(/C#N)C(=O)NCCc2ccccc2)ccc1OCC(=O)N1CCOCC1. The average molecular weight is 450 g/mol. The average Bonchev–Trinajstić information content (AvgIpc) is 2.87. The van der Waals surface area contributed by atoms with Gasteiger partial charge in [0.2, 0.25) is 0 Å². The molecule has 2 aromatic rings. The molecule has 0 saturated carbocycles. The molecule has 2 aromatic carbocycles. The minimum Gasteiger partial charge on any atom is -0.493 e. The molecule has 1 fully saturated rings. The van der Waals surface area contributed by atoms with Crippen LogP contribution in [-0.4, -0.2) is 63.3 Å². The van der Waals surface area contributed by atoms with E-state index in [9.17, 15) is 14.9 Å². The maximum Gasteiger partial charge on any atom is 0.261 e. The summed E-state index contributed by atoms with van der Waals surface area (Å²) in [7, 11) is 1.49. The maximum absolute atomic E-state index is 12.4. The van der Waals surface area contributed by atoms with Crippen LogP contribution < -0.4 is 14.8 Å². The molecule has 0 spiro atoms. The number of nitriles is 1. The molecule has 0 unspecified atom stereocenters. The quantitative estimate of drug-likeness (QED) is 0.465. The lowest BCUT2D eigenvalue weighted by Gasteiger charge is -2.26. The third kappa shape index (κ3) is 7.09. The number of hydrogen-bond donors (Lipinski definition) is 1. The Morgan fingerprint density at radius 2 is 1.91 bits per heavy atom. The number of nitrogens with zero attached hydrogens (tertiary/aromatic N) is 2. The summed E-state index contributed by atoms with van der Waals surface area (Å²) in [6, 6.07) is 16.7. The van der Waals surface area contributed by atoms with E-state index in [4.69, 9.17) is 14.2 Å². The molecular formula is C25H27N3O5. The number of carbonyl (C=O) groups excluding carboxylic acids is 2. The normalized spacial score (nSPS) is 13.7. The third-order valence-electron chi connectivity index (χ3n) is 5.12. The molecule has 0 aliphatic carbocycles. The van der Waals surface area contributed by atoms with E-state index in [1.807, 2.05) is 36.4 Å². The van der Waals surface area contributed by atoms with E-state index >= 15 is 0 Å². The van der Waals surface area contributed by atoms with Crippen LogP contribution in [0.2, 0.25) is 0 Å². The summed E-state index contributed by atoms with van der Waals surface area (Å²) < 4.78 is 16.3. The fraction of sp³-hybridized carbons (Fsp3) is 0.320. The number of hydrogen-bond acceptors (Lipinski definition) is 6. The summed E-state index contributed by atoms with van der Waals surface area (Å²) in [4.78, 5) is 26.4. The summed E-state index contributed by atoms with van der Waals surface area (Å²) in [5.74, 6) is 0.245. The fourth-order valence-electron chi connectivity index (χ4n) is 3.31. The lowest BCUT2D eigenvalue weighted by atomic mass is 10.1. The van der Waals surface area contributed by atoms with Crippen LogP contribution in [-0.2, 0) is 20.7 Å². The van der Waals surface area contributed by atoms with Gasteiger partial charge in [-0.25, -0.2) is 0 Å². The van der Waals surface area contributed by atoms with Crippen LogP contribution in [0, 0.1) is 11.3 Å². The number of ether oxygens (including phenoxy) is 3. The molecule has 1 heterocycles. The van der Waals surface area contributed by atoms with Crippen LogP contribution in [0.3, 0.4) is 0 Å². The largest absolute Gasteiger partial charge is 0.493 e. The molecule has 0 atom stereocenters. The summed E-state index contributed by atoms with van der Waals surface area (Å²) in [5, 5.41) is 12.2. The van der Waals surface area contributed by atoms with Gasteiger partial charge < -0.3 is 24.4 Å². The molecule has 1 N–H and O–H groups in total. The highest BCUT2D eigenvalue weighted by Crippen LogP contribution is 2.29. The van der Waals surface area contributed by atoms with E-state index < -0.39 is 5.91 Å². The van der Waals surface area contributed by atoms with Crippen LogP contribution in [0.5, 0.6) is 11.5 Å². The van der Waals surface area contributed by atoms with Crippen LogP contribution in [0.25, 0.3) is 6.08 Å². The summed E-state index contributed by atoms with van der Waals surface area (Å²) in [5.41, 5.74) is 1.70. The molecule has 0 radical (unpaired) electrons. The smallest absolute Gasteiger partial charge is 0.261 e. The van der Waals surface area contributed by atoms with Crippen molar-refractivity contribution in [3.63, 3.8) is 0 Å². The van der Waals surface area contributed by atoms with Gasteiger partial charge in [-0.1, -0.05) is 36.4 Å². The van der Waals surface area contributed by atoms with E-state index in [0.29, 0.717) is 56.3 Å². The maximum atomic E-state index is 12.4. The van der Waals surface area contributed by atoms with E-state index in [-0.39, 0.29) is 18.1 Å².